The number of hydrogen-bond donors (Lipinski definition) is 0. The van der Waals surface area contributed by atoms with Gasteiger partial charge in [0.15, 0.2) is 6.04 Å². The Morgan fingerprint density at radius 2 is 2.33 bits per heavy atom. The van der Waals surface area contributed by atoms with Gasteiger partial charge in [-0.2, -0.15) is 10.3 Å². The van der Waals surface area contributed by atoms with Gasteiger partial charge in [0.25, 0.3) is 0 Å². The van der Waals surface area contributed by atoms with Crippen molar-refractivity contribution in [3.05, 3.63) is 28.2 Å². The Kier molecular flexibility index (Phi) is 4.04. The molecule has 0 saturated heterocycles. The number of rotatable bonds is 3. The number of methoxy groups -OCH3 is 1. The molecule has 0 radical (unpaired) electrons. The third-order valence-corrected chi connectivity index (χ3v) is 2.28. The average Bonchev–Trinajstić information content (AvgIpc) is 2.26. The van der Waals surface area contributed by atoms with Crippen molar-refractivity contribution in [3.63, 3.8) is 0 Å². The van der Waals surface area contributed by atoms with Gasteiger partial charge in [-0.05, 0) is 18.2 Å². The summed E-state index contributed by atoms with van der Waals surface area (Å²) in [4.78, 5) is 13.5. The molecule has 1 atom stereocenters. The van der Waals surface area contributed by atoms with Crippen LogP contribution in [0.15, 0.2) is 27.7 Å². The van der Waals surface area contributed by atoms with Gasteiger partial charge in [-0.1, -0.05) is 15.9 Å². The van der Waals surface area contributed by atoms with E-state index in [1.165, 1.54) is 13.2 Å². The fraction of sp³-hybridized carbons (Fsp3) is 0.200. The molecule has 0 aliphatic heterocycles. The van der Waals surface area contributed by atoms with Crippen molar-refractivity contribution in [1.82, 2.24) is 0 Å². The summed E-state index contributed by atoms with van der Waals surface area (Å²) < 4.78 is 5.86. The predicted octanol–water partition coefficient (Wildman–Crippen LogP) is 2.36. The summed E-state index contributed by atoms with van der Waals surface area (Å²) >= 11 is 3.27. The third kappa shape index (κ3) is 2.66. The monoisotopic (exact) mass is 266 g/mol. The molecule has 1 unspecified atom stereocenters. The summed E-state index contributed by atoms with van der Waals surface area (Å²) in [5.41, 5.74) is 0.540. The van der Waals surface area contributed by atoms with E-state index in [9.17, 15) is 4.79 Å². The van der Waals surface area contributed by atoms with E-state index < -0.39 is 6.04 Å². The number of carbonyl (C=O) groups excluding carboxylic acids is 1. The molecule has 0 bridgehead atoms. The van der Waals surface area contributed by atoms with E-state index in [0.717, 1.165) is 4.47 Å². The van der Waals surface area contributed by atoms with Crippen LogP contribution in [0, 0.1) is 11.3 Å². The van der Waals surface area contributed by atoms with Gasteiger partial charge in [-0.15, -0.1) is 0 Å². The summed E-state index contributed by atoms with van der Waals surface area (Å²) in [7, 11) is 1.49. The Morgan fingerprint density at radius 3 is 2.87 bits per heavy atom. The molecule has 0 saturated carbocycles. The van der Waals surface area contributed by atoms with Crippen molar-refractivity contribution in [1.29, 1.82) is 5.26 Å². The van der Waals surface area contributed by atoms with Crippen molar-refractivity contribution < 1.29 is 9.53 Å². The van der Waals surface area contributed by atoms with Gasteiger partial charge in [0.2, 0.25) is 6.08 Å². The lowest BCUT2D eigenvalue weighted by atomic mass is 10.1. The van der Waals surface area contributed by atoms with E-state index in [2.05, 4.69) is 20.9 Å². The van der Waals surface area contributed by atoms with Crippen LogP contribution in [0.1, 0.15) is 11.6 Å². The topological polar surface area (TPSA) is 62.4 Å². The van der Waals surface area contributed by atoms with Crippen LogP contribution in [-0.4, -0.2) is 13.2 Å². The Hall–Kier alpha value is -1.63. The molecule has 0 aliphatic rings. The molecule has 0 N–H and O–H groups in total. The quantitative estimate of drug-likeness (QED) is 0.623. The Morgan fingerprint density at radius 1 is 1.60 bits per heavy atom. The minimum Gasteiger partial charge on any atom is -0.496 e. The Bertz CT molecular complexity index is 447. The Labute approximate surface area is 95.3 Å². The largest absolute Gasteiger partial charge is 0.496 e. The van der Waals surface area contributed by atoms with Crippen LogP contribution in [-0.2, 0) is 4.79 Å². The molecule has 0 heterocycles. The van der Waals surface area contributed by atoms with E-state index in [0.29, 0.717) is 11.3 Å². The van der Waals surface area contributed by atoms with Crippen LogP contribution in [0.25, 0.3) is 0 Å². The van der Waals surface area contributed by atoms with Crippen LogP contribution in [0.2, 0.25) is 0 Å². The van der Waals surface area contributed by atoms with Crippen LogP contribution in [0.4, 0.5) is 0 Å². The predicted molar refractivity (Wildman–Crippen MR) is 57.2 cm³/mol. The van der Waals surface area contributed by atoms with E-state index in [-0.39, 0.29) is 0 Å². The maximum Gasteiger partial charge on any atom is 0.236 e. The standard InChI is InChI=1S/C10H7BrN2O2/c1-15-10-3-2-7(11)4-8(10)9(5-12)13-6-14/h2-4,9H,1H3. The van der Waals surface area contributed by atoms with E-state index >= 15 is 0 Å². The van der Waals surface area contributed by atoms with Crippen LogP contribution in [0.3, 0.4) is 0 Å². The van der Waals surface area contributed by atoms with E-state index in [4.69, 9.17) is 10.00 Å². The second kappa shape index (κ2) is 5.30. The second-order valence-corrected chi connectivity index (χ2v) is 3.55. The minimum absolute atomic E-state index is 0.517. The number of halogens is 1. The molecule has 4 nitrogen and oxygen atoms in total. The van der Waals surface area contributed by atoms with Crippen molar-refractivity contribution >= 4 is 22.0 Å². The van der Waals surface area contributed by atoms with Crippen molar-refractivity contribution in [2.45, 2.75) is 6.04 Å². The molecule has 0 aromatic heterocycles. The molecule has 0 aliphatic carbocycles. The first-order valence-corrected chi connectivity index (χ1v) is 4.82. The number of aliphatic imine (C=N–C) groups is 1. The van der Waals surface area contributed by atoms with Gasteiger partial charge < -0.3 is 4.74 Å². The van der Waals surface area contributed by atoms with E-state index in [1.807, 2.05) is 6.07 Å². The molecule has 5 heteroatoms. The summed E-state index contributed by atoms with van der Waals surface area (Å²) in [6.45, 7) is 0. The smallest absolute Gasteiger partial charge is 0.236 e. The molecule has 76 valence electrons. The number of nitriles is 1. The van der Waals surface area contributed by atoms with Gasteiger partial charge in [0.1, 0.15) is 5.75 Å². The summed E-state index contributed by atoms with van der Waals surface area (Å²) in [5, 5.41) is 8.83. The highest BCUT2D eigenvalue weighted by Gasteiger charge is 2.14. The molecule has 0 spiro atoms. The van der Waals surface area contributed by atoms with Gasteiger partial charge in [0, 0.05) is 10.0 Å². The third-order valence-electron chi connectivity index (χ3n) is 1.79. The zero-order chi connectivity index (χ0) is 11.3. The molecular weight excluding hydrogens is 260 g/mol. The Balaban J connectivity index is 3.26. The van der Waals surface area contributed by atoms with Gasteiger partial charge in [-0.3, -0.25) is 0 Å². The molecule has 0 amide bonds. The fourth-order valence-corrected chi connectivity index (χ4v) is 1.52. The molecule has 1 aromatic rings. The molecule has 15 heavy (non-hydrogen) atoms. The highest BCUT2D eigenvalue weighted by molar-refractivity contribution is 9.10. The average molecular weight is 267 g/mol. The van der Waals surface area contributed by atoms with Crippen LogP contribution < -0.4 is 4.74 Å². The second-order valence-electron chi connectivity index (χ2n) is 2.64. The van der Waals surface area contributed by atoms with Gasteiger partial charge in [0.05, 0.1) is 13.2 Å². The number of ether oxygens (including phenoxy) is 1. The van der Waals surface area contributed by atoms with Crippen LogP contribution in [0.5, 0.6) is 5.75 Å². The highest BCUT2D eigenvalue weighted by Crippen LogP contribution is 2.29. The number of isocyanates is 1. The molecule has 1 rings (SSSR count). The lowest BCUT2D eigenvalue weighted by Crippen LogP contribution is -1.96. The van der Waals surface area contributed by atoms with E-state index in [1.54, 1.807) is 18.2 Å². The summed E-state index contributed by atoms with van der Waals surface area (Å²) in [6, 6.07) is 6.18. The fourth-order valence-electron chi connectivity index (χ4n) is 1.14. The zero-order valence-electron chi connectivity index (χ0n) is 7.90. The number of hydrogen-bond acceptors (Lipinski definition) is 4. The molecular formula is C10H7BrN2O2. The van der Waals surface area contributed by atoms with Gasteiger partial charge in [-0.25, -0.2) is 4.79 Å². The highest BCUT2D eigenvalue weighted by atomic mass is 79.9. The minimum atomic E-state index is -0.880. The first kappa shape index (κ1) is 11.4. The first-order valence-electron chi connectivity index (χ1n) is 4.03. The van der Waals surface area contributed by atoms with Crippen molar-refractivity contribution in [2.75, 3.05) is 7.11 Å². The zero-order valence-corrected chi connectivity index (χ0v) is 9.48. The van der Waals surface area contributed by atoms with Gasteiger partial charge >= 0.3 is 0 Å². The molecule has 0 fully saturated rings. The maximum atomic E-state index is 10.1. The first-order chi connectivity index (χ1) is 7.22. The SMILES string of the molecule is COc1ccc(Br)cc1C(C#N)N=C=O. The summed E-state index contributed by atoms with van der Waals surface area (Å²) in [5.74, 6) is 0.517. The maximum absolute atomic E-state index is 10.1. The normalized spacial score (nSPS) is 11.0. The number of benzene rings is 1. The lowest BCUT2D eigenvalue weighted by molar-refractivity contribution is 0.408. The van der Waals surface area contributed by atoms with Crippen molar-refractivity contribution in [2.24, 2.45) is 4.99 Å². The van der Waals surface area contributed by atoms with Crippen LogP contribution >= 0.6 is 15.9 Å². The summed E-state index contributed by atoms with van der Waals surface area (Å²) in [6.07, 6.45) is 1.37. The molecule has 1 aromatic carbocycles. The van der Waals surface area contributed by atoms with Crippen molar-refractivity contribution in [3.8, 4) is 11.8 Å². The number of nitrogens with zero attached hydrogens (tertiary/aromatic N) is 2. The lowest BCUT2D eigenvalue weighted by Gasteiger charge is -2.09.